The van der Waals surface area contributed by atoms with Crippen LogP contribution in [0.3, 0.4) is 0 Å². The molecule has 9 nitrogen and oxygen atoms in total. The second kappa shape index (κ2) is 9.51. The first-order valence-electron chi connectivity index (χ1n) is 10.8. The number of fused-ring (bicyclic) bond motifs is 1. The van der Waals surface area contributed by atoms with Crippen LogP contribution in [0, 0.1) is 5.82 Å². The summed E-state index contributed by atoms with van der Waals surface area (Å²) in [4.78, 5) is 37.2. The first-order valence-corrected chi connectivity index (χ1v) is 12.6. The van der Waals surface area contributed by atoms with E-state index in [1.54, 1.807) is 35.6 Å². The Morgan fingerprint density at radius 3 is 2.60 bits per heavy atom. The summed E-state index contributed by atoms with van der Waals surface area (Å²) in [6, 6.07) is 10.5. The van der Waals surface area contributed by atoms with Crippen LogP contribution in [0.25, 0.3) is 0 Å². The number of rotatable bonds is 7. The van der Waals surface area contributed by atoms with Crippen LogP contribution in [-0.2, 0) is 22.5 Å². The lowest BCUT2D eigenvalue weighted by Crippen LogP contribution is -2.32. The first kappa shape index (κ1) is 23.1. The number of anilines is 1. The number of carbonyl (C=O) groups is 2. The number of amides is 2. The summed E-state index contributed by atoms with van der Waals surface area (Å²) in [6.45, 7) is 0.724. The number of benzene rings is 1. The average Bonchev–Trinajstić information content (AvgIpc) is 3.35. The van der Waals surface area contributed by atoms with Gasteiger partial charge in [-0.05, 0) is 47.6 Å². The van der Waals surface area contributed by atoms with Crippen molar-refractivity contribution in [3.63, 3.8) is 0 Å². The third kappa shape index (κ3) is 4.91. The van der Waals surface area contributed by atoms with Crippen molar-refractivity contribution in [2.24, 2.45) is 0 Å². The van der Waals surface area contributed by atoms with Crippen LogP contribution in [0.1, 0.15) is 22.5 Å². The molecule has 2 aliphatic rings. The molecule has 5 rings (SSSR count). The van der Waals surface area contributed by atoms with Gasteiger partial charge in [-0.1, -0.05) is 0 Å². The monoisotopic (exact) mass is 496 g/mol. The summed E-state index contributed by atoms with van der Waals surface area (Å²) in [5.41, 5.74) is 1.55. The van der Waals surface area contributed by atoms with Crippen molar-refractivity contribution in [2.75, 3.05) is 23.6 Å². The Morgan fingerprint density at radius 2 is 1.89 bits per heavy atom. The van der Waals surface area contributed by atoms with E-state index in [0.717, 1.165) is 0 Å². The second-order valence-corrected chi connectivity index (χ2v) is 9.57. The van der Waals surface area contributed by atoms with E-state index in [4.69, 9.17) is 9.47 Å². The summed E-state index contributed by atoms with van der Waals surface area (Å²) in [5, 5.41) is 0. The van der Waals surface area contributed by atoms with E-state index >= 15 is 0 Å². The highest BCUT2D eigenvalue weighted by atomic mass is 32.2. The highest BCUT2D eigenvalue weighted by molar-refractivity contribution is 7.90. The molecule has 2 aliphatic heterocycles. The molecule has 1 fully saturated rings. The Hall–Kier alpha value is -3.70. The lowest BCUT2D eigenvalue weighted by molar-refractivity contribution is -0.122. The molecule has 2 amide bonds. The zero-order chi connectivity index (χ0) is 24.5. The number of hydrogen-bond acceptors (Lipinski definition) is 7. The van der Waals surface area contributed by atoms with Gasteiger partial charge in [0.05, 0.1) is 42.1 Å². The van der Waals surface area contributed by atoms with Crippen molar-refractivity contribution in [1.29, 1.82) is 0 Å². The normalized spacial score (nSPS) is 18.1. The predicted molar refractivity (Wildman–Crippen MR) is 125 cm³/mol. The van der Waals surface area contributed by atoms with Gasteiger partial charge >= 0.3 is 0 Å². The summed E-state index contributed by atoms with van der Waals surface area (Å²) in [6.07, 6.45) is 4.32. The van der Waals surface area contributed by atoms with Crippen molar-refractivity contribution in [2.45, 2.75) is 19.1 Å². The third-order valence-electron chi connectivity index (χ3n) is 5.64. The van der Waals surface area contributed by atoms with E-state index in [0.29, 0.717) is 53.8 Å². The first-order chi connectivity index (χ1) is 16.9. The maximum atomic E-state index is 13.0. The molecule has 0 aliphatic carbocycles. The number of aromatic nitrogens is 2. The van der Waals surface area contributed by atoms with Gasteiger partial charge in [-0.15, -0.1) is 0 Å². The average molecular weight is 497 g/mol. The van der Waals surface area contributed by atoms with Gasteiger partial charge in [0.25, 0.3) is 11.8 Å². The molecule has 4 heterocycles. The molecule has 0 N–H and O–H groups in total. The molecule has 180 valence electrons. The molecule has 0 spiro atoms. The molecule has 1 unspecified atom stereocenters. The fourth-order valence-corrected chi connectivity index (χ4v) is 4.64. The van der Waals surface area contributed by atoms with Crippen LogP contribution in [0.2, 0.25) is 0 Å². The van der Waals surface area contributed by atoms with Crippen molar-refractivity contribution >= 4 is 28.7 Å². The number of carbonyl (C=O) groups excluding carboxylic acids is 2. The molecule has 2 atom stereocenters. The van der Waals surface area contributed by atoms with Crippen LogP contribution in [0.15, 0.2) is 54.9 Å². The third-order valence-corrected chi connectivity index (χ3v) is 6.32. The molecule has 11 heteroatoms. The maximum absolute atomic E-state index is 13.0. The smallest absolute Gasteiger partial charge is 0.268 e. The van der Waals surface area contributed by atoms with Crippen molar-refractivity contribution < 1.29 is 28.0 Å². The number of nitrogens with zero attached hydrogens (tertiary/aromatic N) is 4. The van der Waals surface area contributed by atoms with Gasteiger partial charge in [0.1, 0.15) is 17.3 Å². The zero-order valence-corrected chi connectivity index (χ0v) is 19.5. The molecule has 1 aromatic carbocycles. The Labute approximate surface area is 203 Å². The van der Waals surface area contributed by atoms with Crippen LogP contribution in [0.5, 0.6) is 17.4 Å². The molecule has 1 saturated heterocycles. The van der Waals surface area contributed by atoms with E-state index in [9.17, 15) is 18.5 Å². The summed E-state index contributed by atoms with van der Waals surface area (Å²) in [5.74, 6) is 0.461. The predicted octanol–water partition coefficient (Wildman–Crippen LogP) is 2.88. The van der Waals surface area contributed by atoms with E-state index in [1.165, 1.54) is 35.4 Å². The van der Waals surface area contributed by atoms with E-state index in [2.05, 4.69) is 9.97 Å². The summed E-state index contributed by atoms with van der Waals surface area (Å²) < 4.78 is 36.0. The Balaban J connectivity index is 1.22. The molecular formula is C24H21FN4O5S. The molecule has 0 radical (unpaired) electrons. The van der Waals surface area contributed by atoms with Crippen molar-refractivity contribution in [3.8, 4) is 17.4 Å². The van der Waals surface area contributed by atoms with Crippen LogP contribution in [0.4, 0.5) is 10.1 Å². The van der Waals surface area contributed by atoms with Gasteiger partial charge in [0.15, 0.2) is 12.0 Å². The van der Waals surface area contributed by atoms with E-state index in [-0.39, 0.29) is 23.5 Å². The lowest BCUT2D eigenvalue weighted by atomic mass is 10.2. The highest BCUT2D eigenvalue weighted by Gasteiger charge is 2.37. The van der Waals surface area contributed by atoms with Gasteiger partial charge in [0, 0.05) is 19.0 Å². The fourth-order valence-electron chi connectivity index (χ4n) is 3.99. The topological polar surface area (TPSA) is 108 Å². The molecule has 3 aromatic rings. The Morgan fingerprint density at radius 1 is 1.11 bits per heavy atom. The Kier molecular flexibility index (Phi) is 6.27. The lowest BCUT2D eigenvalue weighted by Gasteiger charge is -2.17. The maximum Gasteiger partial charge on any atom is 0.268 e. The minimum absolute atomic E-state index is 0.144. The highest BCUT2D eigenvalue weighted by Crippen LogP contribution is 2.30. The SMILES string of the molecule is C[S+]([O-])CN1Cc2ncc(N3CC[C@@H](Oc4ccc(Oc5ccc(F)cc5)nc4)C3=O)cc2C1=O. The standard InChI is InChI=1S/C24H21FN4O5S/c1-35(32)14-28-13-20-19(23(28)30)10-16(11-26-20)29-9-8-21(24(29)31)33-18-6-7-22(27-12-18)34-17-4-2-15(25)3-5-17/h2-7,10-12,21H,8-9,13-14H2,1H3/t21-,35?/m1/s1. The minimum Gasteiger partial charge on any atom is -0.615 e. The molecule has 0 saturated carbocycles. The van der Waals surface area contributed by atoms with Crippen LogP contribution >= 0.6 is 0 Å². The van der Waals surface area contributed by atoms with Gasteiger partial charge in [-0.2, -0.15) is 0 Å². The van der Waals surface area contributed by atoms with Gasteiger partial charge in [-0.25, -0.2) is 9.37 Å². The molecule has 35 heavy (non-hydrogen) atoms. The zero-order valence-electron chi connectivity index (χ0n) is 18.7. The van der Waals surface area contributed by atoms with Gasteiger partial charge in [0.2, 0.25) is 5.88 Å². The second-order valence-electron chi connectivity index (χ2n) is 8.17. The van der Waals surface area contributed by atoms with E-state index in [1.807, 2.05) is 0 Å². The summed E-state index contributed by atoms with van der Waals surface area (Å²) >= 11 is -1.15. The number of pyridine rings is 2. The molecule has 0 bridgehead atoms. The van der Waals surface area contributed by atoms with Crippen molar-refractivity contribution in [1.82, 2.24) is 14.9 Å². The Bertz CT molecular complexity index is 1260. The number of ether oxygens (including phenoxy) is 2. The quantitative estimate of drug-likeness (QED) is 0.463. The number of halogens is 1. The van der Waals surface area contributed by atoms with Gasteiger partial charge in [-0.3, -0.25) is 19.5 Å². The molecular weight excluding hydrogens is 475 g/mol. The van der Waals surface area contributed by atoms with E-state index < -0.39 is 17.3 Å². The fraction of sp³-hybridized carbons (Fsp3) is 0.250. The van der Waals surface area contributed by atoms with Crippen LogP contribution < -0.4 is 14.4 Å². The summed E-state index contributed by atoms with van der Waals surface area (Å²) in [7, 11) is 0. The minimum atomic E-state index is -1.15. The largest absolute Gasteiger partial charge is 0.615 e. The van der Waals surface area contributed by atoms with Gasteiger partial charge < -0.3 is 18.9 Å². The number of hydrogen-bond donors (Lipinski definition) is 0. The van der Waals surface area contributed by atoms with Crippen molar-refractivity contribution in [3.05, 3.63) is 71.9 Å². The van der Waals surface area contributed by atoms with Crippen LogP contribution in [-0.4, -0.2) is 56.0 Å². The molecule has 2 aromatic heterocycles.